The molecule has 3 aromatic rings. The summed E-state index contributed by atoms with van der Waals surface area (Å²) in [6.45, 7) is 0. The van der Waals surface area contributed by atoms with Gasteiger partial charge in [0.15, 0.2) is 0 Å². The summed E-state index contributed by atoms with van der Waals surface area (Å²) in [6.07, 6.45) is 0. The average molecular weight is 503 g/mol. The Labute approximate surface area is 210 Å². The van der Waals surface area contributed by atoms with Crippen molar-refractivity contribution in [1.82, 2.24) is 4.90 Å². The van der Waals surface area contributed by atoms with Crippen LogP contribution in [0.3, 0.4) is 0 Å². The molecule has 0 saturated carbocycles. The standard InChI is InChI=1S/C26H21N3O8/c1-35-16-7-4-14(5-8-16)27-22(20-13-17(36-2)9-11-21(20)37-3)23(26(27)32)28-24(30)18-10-6-15(29(33)34)12-19(18)25(28)31/h4-13,22-23H,1-3H3/t22-,23-/m1/s1. The third kappa shape index (κ3) is 3.63. The van der Waals surface area contributed by atoms with E-state index in [2.05, 4.69) is 0 Å². The van der Waals surface area contributed by atoms with Crippen molar-refractivity contribution in [1.29, 1.82) is 0 Å². The molecule has 0 unspecified atom stereocenters. The highest BCUT2D eigenvalue weighted by Gasteiger charge is 2.58. The van der Waals surface area contributed by atoms with Crippen LogP contribution in [0.25, 0.3) is 0 Å². The van der Waals surface area contributed by atoms with Crippen molar-refractivity contribution in [3.63, 3.8) is 0 Å². The highest BCUT2D eigenvalue weighted by molar-refractivity contribution is 6.25. The van der Waals surface area contributed by atoms with Gasteiger partial charge in [-0.2, -0.15) is 0 Å². The predicted octanol–water partition coefficient (Wildman–Crippen LogP) is 3.37. The Morgan fingerprint density at radius 2 is 1.38 bits per heavy atom. The molecule has 2 aliphatic rings. The number of fused-ring (bicyclic) bond motifs is 1. The molecule has 1 fully saturated rings. The lowest BCUT2D eigenvalue weighted by molar-refractivity contribution is -0.384. The Balaban J connectivity index is 1.62. The van der Waals surface area contributed by atoms with Gasteiger partial charge >= 0.3 is 0 Å². The van der Waals surface area contributed by atoms with Crippen molar-refractivity contribution >= 4 is 29.1 Å². The number of nitro groups is 1. The minimum atomic E-state index is -1.21. The average Bonchev–Trinajstić information content (AvgIpc) is 3.16. The van der Waals surface area contributed by atoms with Crippen LogP contribution in [0.5, 0.6) is 17.2 Å². The monoisotopic (exact) mass is 503 g/mol. The SMILES string of the molecule is COc1ccc(N2C(=O)[C@H](N3C(=O)c4ccc([N+](=O)[O-])cc4C3=O)[C@H]2c2cc(OC)ccc2OC)cc1. The Kier molecular flexibility index (Phi) is 5.75. The summed E-state index contributed by atoms with van der Waals surface area (Å²) in [6, 6.07) is 13.2. The molecule has 3 aromatic carbocycles. The fourth-order valence-electron chi connectivity index (χ4n) is 4.75. The van der Waals surface area contributed by atoms with Crippen LogP contribution < -0.4 is 19.1 Å². The van der Waals surface area contributed by atoms with E-state index >= 15 is 0 Å². The van der Waals surface area contributed by atoms with Crippen LogP contribution in [0.2, 0.25) is 0 Å². The van der Waals surface area contributed by atoms with Crippen molar-refractivity contribution < 1.29 is 33.5 Å². The van der Waals surface area contributed by atoms with Gasteiger partial charge < -0.3 is 19.1 Å². The number of rotatable bonds is 7. The second kappa shape index (κ2) is 8.94. The predicted molar refractivity (Wildman–Crippen MR) is 130 cm³/mol. The van der Waals surface area contributed by atoms with Gasteiger partial charge in [0.25, 0.3) is 23.4 Å². The number of nitrogens with zero attached hydrogens (tertiary/aromatic N) is 3. The maximum Gasteiger partial charge on any atom is 0.270 e. The summed E-state index contributed by atoms with van der Waals surface area (Å²) in [7, 11) is 4.49. The van der Waals surface area contributed by atoms with Crippen molar-refractivity contribution in [3.05, 3.63) is 87.5 Å². The van der Waals surface area contributed by atoms with Crippen LogP contribution in [-0.2, 0) is 4.79 Å². The molecule has 11 nitrogen and oxygen atoms in total. The van der Waals surface area contributed by atoms with E-state index in [0.717, 1.165) is 17.0 Å². The maximum atomic E-state index is 13.6. The molecule has 0 radical (unpaired) electrons. The van der Waals surface area contributed by atoms with E-state index in [0.29, 0.717) is 28.5 Å². The highest BCUT2D eigenvalue weighted by Crippen LogP contribution is 2.47. The van der Waals surface area contributed by atoms with Crippen molar-refractivity contribution in [2.75, 3.05) is 26.2 Å². The first kappa shape index (κ1) is 23.8. The molecule has 188 valence electrons. The van der Waals surface area contributed by atoms with E-state index in [-0.39, 0.29) is 16.8 Å². The molecule has 0 aromatic heterocycles. The number of amides is 3. The molecule has 2 aliphatic heterocycles. The van der Waals surface area contributed by atoms with E-state index in [1.54, 1.807) is 42.5 Å². The first-order valence-corrected chi connectivity index (χ1v) is 11.2. The van der Waals surface area contributed by atoms with Crippen molar-refractivity contribution in [2.45, 2.75) is 12.1 Å². The van der Waals surface area contributed by atoms with Gasteiger partial charge in [0, 0.05) is 23.4 Å². The van der Waals surface area contributed by atoms with Crippen LogP contribution in [0.15, 0.2) is 60.7 Å². The molecule has 11 heteroatoms. The number of carbonyl (C=O) groups is 3. The lowest BCUT2D eigenvalue weighted by atomic mass is 9.85. The van der Waals surface area contributed by atoms with E-state index in [4.69, 9.17) is 14.2 Å². The van der Waals surface area contributed by atoms with Gasteiger partial charge in [-0.15, -0.1) is 0 Å². The molecular weight excluding hydrogens is 482 g/mol. The molecular formula is C26H21N3O8. The summed E-state index contributed by atoms with van der Waals surface area (Å²) < 4.78 is 16.1. The lowest BCUT2D eigenvalue weighted by Gasteiger charge is -2.50. The van der Waals surface area contributed by atoms with Gasteiger partial charge in [0.2, 0.25) is 0 Å². The third-order valence-corrected chi connectivity index (χ3v) is 6.56. The molecule has 1 saturated heterocycles. The van der Waals surface area contributed by atoms with Crippen molar-refractivity contribution in [3.8, 4) is 17.2 Å². The zero-order valence-corrected chi connectivity index (χ0v) is 20.0. The first-order valence-electron chi connectivity index (χ1n) is 11.2. The number of imide groups is 1. The second-order valence-corrected chi connectivity index (χ2v) is 8.37. The number of ether oxygens (including phenoxy) is 3. The molecule has 2 atom stereocenters. The van der Waals surface area contributed by atoms with Crippen LogP contribution in [-0.4, -0.2) is 54.9 Å². The number of nitro benzene ring substituents is 1. The van der Waals surface area contributed by atoms with Gasteiger partial charge in [0.05, 0.1) is 43.4 Å². The molecule has 37 heavy (non-hydrogen) atoms. The Morgan fingerprint density at radius 1 is 0.730 bits per heavy atom. The number of methoxy groups -OCH3 is 3. The minimum Gasteiger partial charge on any atom is -0.497 e. The molecule has 2 heterocycles. The number of carbonyl (C=O) groups excluding carboxylic acids is 3. The van der Waals surface area contributed by atoms with Gasteiger partial charge in [-0.05, 0) is 48.5 Å². The van der Waals surface area contributed by atoms with Gasteiger partial charge in [-0.3, -0.25) is 29.4 Å². The number of β-lactam (4-membered cyclic amide) rings is 1. The van der Waals surface area contributed by atoms with Crippen LogP contribution in [0.4, 0.5) is 11.4 Å². The zero-order valence-electron chi connectivity index (χ0n) is 20.0. The Bertz CT molecular complexity index is 1450. The zero-order chi connectivity index (χ0) is 26.4. The number of benzene rings is 3. The van der Waals surface area contributed by atoms with E-state index < -0.39 is 34.7 Å². The Hall–Kier alpha value is -4.93. The van der Waals surface area contributed by atoms with E-state index in [9.17, 15) is 24.5 Å². The summed E-state index contributed by atoms with van der Waals surface area (Å²) >= 11 is 0. The van der Waals surface area contributed by atoms with Gasteiger partial charge in [-0.1, -0.05) is 0 Å². The first-order chi connectivity index (χ1) is 17.8. The highest BCUT2D eigenvalue weighted by atomic mass is 16.6. The van der Waals surface area contributed by atoms with Gasteiger partial charge in [-0.25, -0.2) is 0 Å². The number of hydrogen-bond donors (Lipinski definition) is 0. The van der Waals surface area contributed by atoms with Crippen LogP contribution in [0.1, 0.15) is 32.3 Å². The fourth-order valence-corrected chi connectivity index (χ4v) is 4.75. The molecule has 0 spiro atoms. The Morgan fingerprint density at radius 3 is 2.00 bits per heavy atom. The van der Waals surface area contributed by atoms with E-state index in [1.807, 2.05) is 0 Å². The minimum absolute atomic E-state index is 0.00246. The van der Waals surface area contributed by atoms with Crippen LogP contribution in [0, 0.1) is 10.1 Å². The number of hydrogen-bond acceptors (Lipinski definition) is 8. The van der Waals surface area contributed by atoms with E-state index in [1.165, 1.54) is 32.3 Å². The summed E-state index contributed by atoms with van der Waals surface area (Å²) in [5.41, 5.74) is 0.593. The number of anilines is 1. The summed E-state index contributed by atoms with van der Waals surface area (Å²) in [5.74, 6) is -0.469. The van der Waals surface area contributed by atoms with Gasteiger partial charge in [0.1, 0.15) is 23.3 Å². The second-order valence-electron chi connectivity index (χ2n) is 8.37. The molecule has 0 aliphatic carbocycles. The molecule has 5 rings (SSSR count). The fraction of sp³-hybridized carbons (Fsp3) is 0.192. The largest absolute Gasteiger partial charge is 0.497 e. The topological polar surface area (TPSA) is 129 Å². The van der Waals surface area contributed by atoms with Crippen LogP contribution >= 0.6 is 0 Å². The normalized spacial score (nSPS) is 18.4. The number of non-ortho nitro benzene ring substituents is 1. The quantitative estimate of drug-likeness (QED) is 0.208. The molecule has 0 N–H and O–H groups in total. The molecule has 0 bridgehead atoms. The third-order valence-electron chi connectivity index (χ3n) is 6.56. The smallest absolute Gasteiger partial charge is 0.270 e. The summed E-state index contributed by atoms with van der Waals surface area (Å²) in [4.78, 5) is 53.3. The lowest BCUT2D eigenvalue weighted by Crippen LogP contribution is -2.67. The van der Waals surface area contributed by atoms with Crippen molar-refractivity contribution in [2.24, 2.45) is 0 Å². The molecule has 3 amide bonds. The maximum absolute atomic E-state index is 13.6. The summed E-state index contributed by atoms with van der Waals surface area (Å²) in [5, 5.41) is 11.2.